The van der Waals surface area contributed by atoms with Crippen molar-refractivity contribution in [3.8, 4) is 0 Å². The van der Waals surface area contributed by atoms with Crippen molar-refractivity contribution in [2.75, 3.05) is 44.2 Å². The smallest absolute Gasteiger partial charge is 0.205 e. The van der Waals surface area contributed by atoms with Crippen LogP contribution in [-0.2, 0) is 0 Å². The lowest BCUT2D eigenvalue weighted by molar-refractivity contribution is 0.250. The van der Waals surface area contributed by atoms with Crippen LogP contribution in [0.3, 0.4) is 0 Å². The normalized spacial score (nSPS) is 18.0. The van der Waals surface area contributed by atoms with Gasteiger partial charge in [-0.3, -0.25) is 0 Å². The molecule has 0 spiro atoms. The first kappa shape index (κ1) is 13.7. The summed E-state index contributed by atoms with van der Waals surface area (Å²) in [6.07, 6.45) is 3.18. The molecule has 1 aromatic heterocycles. The minimum absolute atomic E-state index is 0.310. The second-order valence-electron chi connectivity index (χ2n) is 4.74. The van der Waals surface area contributed by atoms with E-state index in [1.165, 1.54) is 18.0 Å². The second-order valence-corrected chi connectivity index (χ2v) is 5.47. The van der Waals surface area contributed by atoms with Crippen molar-refractivity contribution in [2.45, 2.75) is 26.2 Å². The summed E-state index contributed by atoms with van der Waals surface area (Å²) in [4.78, 5) is 9.29. The Morgan fingerprint density at radius 1 is 1.22 bits per heavy atom. The van der Waals surface area contributed by atoms with Gasteiger partial charge in [0.1, 0.15) is 5.82 Å². The Morgan fingerprint density at radius 2 is 2.11 bits per heavy atom. The minimum Gasteiger partial charge on any atom is -0.396 e. The largest absolute Gasteiger partial charge is 0.396 e. The number of anilines is 1. The molecule has 0 unspecified atom stereocenters. The van der Waals surface area contributed by atoms with E-state index in [0.717, 1.165) is 56.5 Å². The summed E-state index contributed by atoms with van der Waals surface area (Å²) < 4.78 is 4.25. The number of aromatic nitrogens is 2. The molecule has 2 rings (SSSR count). The van der Waals surface area contributed by atoms with E-state index in [-0.39, 0.29) is 0 Å². The van der Waals surface area contributed by atoms with Gasteiger partial charge in [-0.1, -0.05) is 0 Å². The van der Waals surface area contributed by atoms with Crippen molar-refractivity contribution < 1.29 is 5.11 Å². The van der Waals surface area contributed by atoms with Gasteiger partial charge in [-0.15, -0.1) is 0 Å². The first-order valence-corrected chi connectivity index (χ1v) is 7.45. The molecule has 0 atom stereocenters. The van der Waals surface area contributed by atoms with Crippen molar-refractivity contribution in [1.82, 2.24) is 14.3 Å². The summed E-state index contributed by atoms with van der Waals surface area (Å²) in [7, 11) is 0. The number of nitrogens with zero attached hydrogens (tertiary/aromatic N) is 4. The minimum atomic E-state index is 0.310. The van der Waals surface area contributed by atoms with Gasteiger partial charge in [0.15, 0.2) is 0 Å². The van der Waals surface area contributed by atoms with Gasteiger partial charge < -0.3 is 14.9 Å². The maximum atomic E-state index is 8.80. The molecule has 1 N–H and O–H groups in total. The maximum absolute atomic E-state index is 8.80. The van der Waals surface area contributed by atoms with E-state index in [0.29, 0.717) is 6.61 Å². The standard InChI is InChI=1S/C12H22N4OS/c1-11-13-12(18-14-11)16-7-4-6-15(8-9-16)5-2-3-10-17/h17H,2-10H2,1H3. The molecule has 0 aromatic carbocycles. The van der Waals surface area contributed by atoms with Gasteiger partial charge in [-0.05, 0) is 39.3 Å². The highest BCUT2D eigenvalue weighted by atomic mass is 32.1. The lowest BCUT2D eigenvalue weighted by Gasteiger charge is -2.20. The molecule has 1 fully saturated rings. The molecule has 0 aliphatic carbocycles. The van der Waals surface area contributed by atoms with E-state index in [4.69, 9.17) is 5.11 Å². The zero-order valence-corrected chi connectivity index (χ0v) is 11.8. The highest BCUT2D eigenvalue weighted by Crippen LogP contribution is 2.18. The molecule has 5 nitrogen and oxygen atoms in total. The lowest BCUT2D eigenvalue weighted by Crippen LogP contribution is -2.31. The first-order valence-electron chi connectivity index (χ1n) is 6.68. The highest BCUT2D eigenvalue weighted by molar-refractivity contribution is 7.09. The van der Waals surface area contributed by atoms with Crippen LogP contribution >= 0.6 is 11.5 Å². The Kier molecular flexibility index (Phi) is 5.34. The molecule has 0 bridgehead atoms. The Bertz CT molecular complexity index is 358. The molecular weight excluding hydrogens is 248 g/mol. The molecule has 18 heavy (non-hydrogen) atoms. The Labute approximate surface area is 113 Å². The molecule has 1 aromatic rings. The Hall–Kier alpha value is -0.720. The van der Waals surface area contributed by atoms with Crippen LogP contribution < -0.4 is 4.90 Å². The summed E-state index contributed by atoms with van der Waals surface area (Å²) >= 11 is 1.50. The predicted octanol–water partition coefficient (Wildman–Crippen LogP) is 1.13. The van der Waals surface area contributed by atoms with Gasteiger partial charge in [0, 0.05) is 37.8 Å². The fraction of sp³-hybridized carbons (Fsp3) is 0.833. The van der Waals surface area contributed by atoms with Gasteiger partial charge in [0.2, 0.25) is 5.13 Å². The molecule has 6 heteroatoms. The molecule has 102 valence electrons. The van der Waals surface area contributed by atoms with Gasteiger partial charge in [0.25, 0.3) is 0 Å². The number of hydrogen-bond donors (Lipinski definition) is 1. The average molecular weight is 270 g/mol. The van der Waals surface area contributed by atoms with Gasteiger partial charge in [-0.2, -0.15) is 4.37 Å². The molecule has 0 amide bonds. The third-order valence-corrected chi connectivity index (χ3v) is 4.13. The van der Waals surface area contributed by atoms with E-state index in [1.54, 1.807) is 0 Å². The van der Waals surface area contributed by atoms with Gasteiger partial charge >= 0.3 is 0 Å². The summed E-state index contributed by atoms with van der Waals surface area (Å²) in [5, 5.41) is 9.86. The van der Waals surface area contributed by atoms with Crippen LogP contribution in [0.2, 0.25) is 0 Å². The number of aliphatic hydroxyl groups is 1. The molecule has 0 saturated carbocycles. The average Bonchev–Trinajstić information content (AvgIpc) is 2.66. The summed E-state index contributed by atoms with van der Waals surface area (Å²) in [6, 6.07) is 0. The monoisotopic (exact) mass is 270 g/mol. The van der Waals surface area contributed by atoms with E-state index in [9.17, 15) is 0 Å². The van der Waals surface area contributed by atoms with E-state index >= 15 is 0 Å². The van der Waals surface area contributed by atoms with Crippen LogP contribution in [0.15, 0.2) is 0 Å². The molecule has 2 heterocycles. The number of rotatable bonds is 5. The molecule has 0 radical (unpaired) electrons. The molecule has 1 saturated heterocycles. The third-order valence-electron chi connectivity index (χ3n) is 3.26. The number of hydrogen-bond acceptors (Lipinski definition) is 6. The number of aryl methyl sites for hydroxylation is 1. The van der Waals surface area contributed by atoms with Crippen LogP contribution in [0.1, 0.15) is 25.1 Å². The fourth-order valence-electron chi connectivity index (χ4n) is 2.25. The predicted molar refractivity (Wildman–Crippen MR) is 74.2 cm³/mol. The molecular formula is C12H22N4OS. The third kappa shape index (κ3) is 3.90. The summed E-state index contributed by atoms with van der Waals surface area (Å²) in [6.45, 7) is 7.70. The van der Waals surface area contributed by atoms with Crippen LogP contribution in [0.25, 0.3) is 0 Å². The first-order chi connectivity index (χ1) is 8.79. The molecule has 1 aliphatic heterocycles. The van der Waals surface area contributed by atoms with Crippen molar-refractivity contribution in [3.63, 3.8) is 0 Å². The number of aliphatic hydroxyl groups excluding tert-OH is 1. The van der Waals surface area contributed by atoms with E-state index < -0.39 is 0 Å². The van der Waals surface area contributed by atoms with Gasteiger partial charge in [0.05, 0.1) is 0 Å². The topological polar surface area (TPSA) is 52.5 Å². The highest BCUT2D eigenvalue weighted by Gasteiger charge is 2.17. The summed E-state index contributed by atoms with van der Waals surface area (Å²) in [5.41, 5.74) is 0. The van der Waals surface area contributed by atoms with Crippen molar-refractivity contribution in [2.24, 2.45) is 0 Å². The SMILES string of the molecule is Cc1nsc(N2CCCN(CCCCO)CC2)n1. The van der Waals surface area contributed by atoms with E-state index in [2.05, 4.69) is 19.2 Å². The lowest BCUT2D eigenvalue weighted by atomic mass is 10.3. The second kappa shape index (κ2) is 7.01. The summed E-state index contributed by atoms with van der Waals surface area (Å²) in [5.74, 6) is 0.874. The van der Waals surface area contributed by atoms with Crippen LogP contribution in [-0.4, -0.2) is 58.7 Å². The zero-order valence-electron chi connectivity index (χ0n) is 11.0. The van der Waals surface area contributed by atoms with Gasteiger partial charge in [-0.25, -0.2) is 4.98 Å². The Morgan fingerprint density at radius 3 is 2.83 bits per heavy atom. The van der Waals surface area contributed by atoms with Crippen molar-refractivity contribution in [1.29, 1.82) is 0 Å². The Balaban J connectivity index is 1.81. The van der Waals surface area contributed by atoms with Crippen molar-refractivity contribution in [3.05, 3.63) is 5.82 Å². The van der Waals surface area contributed by atoms with Crippen LogP contribution in [0.5, 0.6) is 0 Å². The quantitative estimate of drug-likeness (QED) is 0.813. The van der Waals surface area contributed by atoms with Crippen LogP contribution in [0, 0.1) is 6.92 Å². The van der Waals surface area contributed by atoms with Crippen LogP contribution in [0.4, 0.5) is 5.13 Å². The number of unbranched alkanes of at least 4 members (excludes halogenated alkanes) is 1. The zero-order chi connectivity index (χ0) is 12.8. The maximum Gasteiger partial charge on any atom is 0.205 e. The van der Waals surface area contributed by atoms with Crippen molar-refractivity contribution >= 4 is 16.7 Å². The van der Waals surface area contributed by atoms with E-state index in [1.807, 2.05) is 6.92 Å². The molecule has 1 aliphatic rings. The fourth-order valence-corrected chi connectivity index (χ4v) is 2.97.